The molecule has 242 valence electrons. The van der Waals surface area contributed by atoms with E-state index in [0.29, 0.717) is 106 Å². The molecule has 0 radical (unpaired) electrons. The molecule has 0 saturated carbocycles. The van der Waals surface area contributed by atoms with Gasteiger partial charge >= 0.3 is 0 Å². The third-order valence-corrected chi connectivity index (χ3v) is 5.91. The van der Waals surface area contributed by atoms with Crippen molar-refractivity contribution in [3.05, 3.63) is 0 Å². The molecule has 0 spiro atoms. The second-order valence-corrected chi connectivity index (χ2v) is 9.39. The SMILES string of the molecule is CCCCCCCCCCCCC(OO)OCCOCCOCCOCCOCCOCCOCCOCCO. The quantitative estimate of drug-likeness (QED) is 0.0476. The van der Waals surface area contributed by atoms with Gasteiger partial charge in [-0.2, -0.15) is 0 Å². The van der Waals surface area contributed by atoms with Gasteiger partial charge in [0.05, 0.1) is 106 Å². The fourth-order valence-corrected chi connectivity index (χ4v) is 3.69. The molecule has 1 atom stereocenters. The Morgan fingerprint density at radius 3 is 1.10 bits per heavy atom. The normalized spacial score (nSPS) is 12.4. The standard InChI is InChI=1S/C29H60O11/c1-2-3-4-5-6-7-8-9-10-11-12-29(40-31)39-28-27-38-26-25-37-24-23-36-22-21-35-20-19-34-18-17-33-16-15-32-14-13-30/h29-31H,2-28H2,1H3. The summed E-state index contributed by atoms with van der Waals surface area (Å²) in [7, 11) is 0. The van der Waals surface area contributed by atoms with Gasteiger partial charge in [0.15, 0.2) is 6.29 Å². The number of aliphatic hydroxyl groups excluding tert-OH is 1. The average Bonchev–Trinajstić information content (AvgIpc) is 2.97. The van der Waals surface area contributed by atoms with Crippen LogP contribution in [0.4, 0.5) is 0 Å². The molecular weight excluding hydrogens is 524 g/mol. The lowest BCUT2D eigenvalue weighted by Gasteiger charge is -2.14. The maximum Gasteiger partial charge on any atom is 0.191 e. The van der Waals surface area contributed by atoms with Gasteiger partial charge in [-0.1, -0.05) is 64.7 Å². The fourth-order valence-electron chi connectivity index (χ4n) is 3.69. The molecule has 0 amide bonds. The van der Waals surface area contributed by atoms with E-state index in [0.717, 1.165) is 12.8 Å². The van der Waals surface area contributed by atoms with Crippen molar-refractivity contribution in [3.8, 4) is 0 Å². The van der Waals surface area contributed by atoms with Crippen LogP contribution in [-0.2, 0) is 42.8 Å². The minimum atomic E-state index is -0.587. The van der Waals surface area contributed by atoms with Crippen LogP contribution in [0, 0.1) is 0 Å². The molecule has 0 fully saturated rings. The van der Waals surface area contributed by atoms with Crippen molar-refractivity contribution < 1.29 is 53.1 Å². The summed E-state index contributed by atoms with van der Waals surface area (Å²) >= 11 is 0. The van der Waals surface area contributed by atoms with Gasteiger partial charge in [0.25, 0.3) is 0 Å². The molecule has 0 aliphatic carbocycles. The lowest BCUT2D eigenvalue weighted by atomic mass is 10.1. The van der Waals surface area contributed by atoms with Crippen molar-refractivity contribution in [2.24, 2.45) is 0 Å². The highest BCUT2D eigenvalue weighted by molar-refractivity contribution is 4.50. The molecule has 2 N–H and O–H groups in total. The molecule has 0 aromatic heterocycles. The largest absolute Gasteiger partial charge is 0.394 e. The van der Waals surface area contributed by atoms with Gasteiger partial charge < -0.3 is 43.0 Å². The summed E-state index contributed by atoms with van der Waals surface area (Å²) in [6.07, 6.45) is 12.8. The van der Waals surface area contributed by atoms with Gasteiger partial charge in [0.2, 0.25) is 0 Å². The summed E-state index contributed by atoms with van der Waals surface area (Å²) in [6, 6.07) is 0. The summed E-state index contributed by atoms with van der Waals surface area (Å²) < 4.78 is 43.2. The van der Waals surface area contributed by atoms with Crippen LogP contribution in [0.2, 0.25) is 0 Å². The van der Waals surface area contributed by atoms with Crippen LogP contribution in [0.3, 0.4) is 0 Å². The van der Waals surface area contributed by atoms with Crippen molar-refractivity contribution in [1.29, 1.82) is 0 Å². The zero-order valence-corrected chi connectivity index (χ0v) is 25.2. The Kier molecular flexibility index (Phi) is 36.2. The van der Waals surface area contributed by atoms with Crippen molar-refractivity contribution >= 4 is 0 Å². The Morgan fingerprint density at radius 2 is 0.750 bits per heavy atom. The second kappa shape index (κ2) is 36.6. The maximum atomic E-state index is 9.02. The van der Waals surface area contributed by atoms with Crippen molar-refractivity contribution in [3.63, 3.8) is 0 Å². The second-order valence-electron chi connectivity index (χ2n) is 9.39. The van der Waals surface area contributed by atoms with Crippen LogP contribution in [0.1, 0.15) is 77.6 Å². The van der Waals surface area contributed by atoms with Gasteiger partial charge in [-0.3, -0.25) is 0 Å². The van der Waals surface area contributed by atoms with Crippen LogP contribution in [-0.4, -0.2) is 122 Å². The molecule has 0 rings (SSSR count). The molecule has 11 heteroatoms. The first-order valence-electron chi connectivity index (χ1n) is 15.4. The van der Waals surface area contributed by atoms with E-state index >= 15 is 0 Å². The van der Waals surface area contributed by atoms with E-state index in [4.69, 9.17) is 48.3 Å². The van der Waals surface area contributed by atoms with Crippen LogP contribution in [0.25, 0.3) is 0 Å². The molecule has 0 bridgehead atoms. The molecular formula is C29H60O11. The monoisotopic (exact) mass is 584 g/mol. The van der Waals surface area contributed by atoms with Crippen LogP contribution < -0.4 is 0 Å². The van der Waals surface area contributed by atoms with E-state index in [9.17, 15) is 0 Å². The van der Waals surface area contributed by atoms with E-state index in [1.807, 2.05) is 0 Å². The number of aliphatic hydroxyl groups is 1. The predicted octanol–water partition coefficient (Wildman–Crippen LogP) is 4.24. The lowest BCUT2D eigenvalue weighted by Crippen LogP contribution is -2.19. The molecule has 0 aromatic rings. The Bertz CT molecular complexity index is 446. The number of ether oxygens (including phenoxy) is 8. The zero-order valence-electron chi connectivity index (χ0n) is 25.2. The Hall–Kier alpha value is -0.440. The Labute approximate surface area is 242 Å². The highest BCUT2D eigenvalue weighted by atomic mass is 17.1. The fraction of sp³-hybridized carbons (Fsp3) is 1.00. The van der Waals surface area contributed by atoms with Crippen molar-refractivity contribution in [2.45, 2.75) is 83.8 Å². The third kappa shape index (κ3) is 33.8. The summed E-state index contributed by atoms with van der Waals surface area (Å²) in [6.45, 7) is 9.33. The molecule has 0 heterocycles. The molecule has 0 aromatic carbocycles. The summed E-state index contributed by atoms with van der Waals surface area (Å²) in [5, 5.41) is 17.6. The van der Waals surface area contributed by atoms with Crippen molar-refractivity contribution in [2.75, 3.05) is 106 Å². The van der Waals surface area contributed by atoms with E-state index in [2.05, 4.69) is 11.8 Å². The van der Waals surface area contributed by atoms with Gasteiger partial charge in [-0.05, 0) is 6.42 Å². The van der Waals surface area contributed by atoms with E-state index < -0.39 is 6.29 Å². The summed E-state index contributed by atoms with van der Waals surface area (Å²) in [5.41, 5.74) is 0. The van der Waals surface area contributed by atoms with Crippen LogP contribution >= 0.6 is 0 Å². The summed E-state index contributed by atoms with van der Waals surface area (Å²) in [4.78, 5) is 4.44. The minimum absolute atomic E-state index is 0.0263. The number of hydrogen-bond acceptors (Lipinski definition) is 11. The van der Waals surface area contributed by atoms with E-state index in [1.165, 1.54) is 51.4 Å². The predicted molar refractivity (Wildman–Crippen MR) is 153 cm³/mol. The molecule has 0 saturated heterocycles. The maximum absolute atomic E-state index is 9.02. The Balaban J connectivity index is 3.20. The van der Waals surface area contributed by atoms with E-state index in [-0.39, 0.29) is 6.61 Å². The molecule has 40 heavy (non-hydrogen) atoms. The number of rotatable bonds is 36. The molecule has 1 unspecified atom stereocenters. The molecule has 11 nitrogen and oxygen atoms in total. The number of unbranched alkanes of at least 4 members (excludes halogenated alkanes) is 9. The third-order valence-electron chi connectivity index (χ3n) is 5.91. The van der Waals surface area contributed by atoms with Crippen molar-refractivity contribution in [1.82, 2.24) is 0 Å². The Morgan fingerprint density at radius 1 is 0.425 bits per heavy atom. The van der Waals surface area contributed by atoms with Gasteiger partial charge in [-0.15, -0.1) is 0 Å². The van der Waals surface area contributed by atoms with Gasteiger partial charge in [0.1, 0.15) is 0 Å². The first-order chi connectivity index (χ1) is 19.8. The van der Waals surface area contributed by atoms with Gasteiger partial charge in [0, 0.05) is 6.42 Å². The van der Waals surface area contributed by atoms with Crippen LogP contribution in [0.5, 0.6) is 0 Å². The molecule has 0 aliphatic heterocycles. The number of hydrogen-bond donors (Lipinski definition) is 2. The molecule has 0 aliphatic rings. The minimum Gasteiger partial charge on any atom is -0.394 e. The van der Waals surface area contributed by atoms with E-state index in [1.54, 1.807) is 0 Å². The topological polar surface area (TPSA) is 124 Å². The van der Waals surface area contributed by atoms with Gasteiger partial charge in [-0.25, -0.2) is 10.1 Å². The first-order valence-corrected chi connectivity index (χ1v) is 15.4. The zero-order chi connectivity index (χ0) is 29.0. The lowest BCUT2D eigenvalue weighted by molar-refractivity contribution is -0.348. The highest BCUT2D eigenvalue weighted by Gasteiger charge is 2.08. The van der Waals surface area contributed by atoms with Crippen LogP contribution in [0.15, 0.2) is 0 Å². The summed E-state index contributed by atoms with van der Waals surface area (Å²) in [5.74, 6) is 0. The first kappa shape index (κ1) is 39.6. The highest BCUT2D eigenvalue weighted by Crippen LogP contribution is 2.13. The smallest absolute Gasteiger partial charge is 0.191 e. The average molecular weight is 585 g/mol.